The molecule has 3 nitrogen and oxygen atoms in total. The summed E-state index contributed by atoms with van der Waals surface area (Å²) < 4.78 is 0. The number of aromatic nitrogens is 1. The van der Waals surface area contributed by atoms with Gasteiger partial charge in [-0.3, -0.25) is 0 Å². The van der Waals surface area contributed by atoms with Crippen LogP contribution in [0.2, 0.25) is 0 Å². The fourth-order valence-corrected chi connectivity index (χ4v) is 2.00. The lowest BCUT2D eigenvalue weighted by molar-refractivity contribution is 0.738. The van der Waals surface area contributed by atoms with Crippen LogP contribution in [0, 0.1) is 0 Å². The van der Waals surface area contributed by atoms with Gasteiger partial charge in [0.2, 0.25) is 0 Å². The molecule has 0 saturated heterocycles. The Morgan fingerprint density at radius 3 is 2.72 bits per heavy atom. The van der Waals surface area contributed by atoms with Crippen LogP contribution in [0.3, 0.4) is 0 Å². The predicted octanol–water partition coefficient (Wildman–Crippen LogP) is 3.78. The van der Waals surface area contributed by atoms with Gasteiger partial charge < -0.3 is 10.3 Å². The lowest BCUT2D eigenvalue weighted by atomic mass is 9.99. The maximum atomic E-state index is 4.30. The largest absolute Gasteiger partial charge is 0.346 e. The average Bonchev–Trinajstić information content (AvgIpc) is 2.85. The van der Waals surface area contributed by atoms with E-state index in [1.165, 1.54) is 11.1 Å². The Morgan fingerprint density at radius 1 is 1.39 bits per heavy atom. The molecule has 0 amide bonds. The molecule has 1 aliphatic rings. The Hall–Kier alpha value is -1.61. The SMILES string of the molecule is C=Cc1c(C2=CCNCC2)c[nH]c1/N=C\C.CC. The molecule has 0 spiro atoms. The zero-order valence-electron chi connectivity index (χ0n) is 11.6. The molecule has 0 bridgehead atoms. The highest BCUT2D eigenvalue weighted by molar-refractivity contribution is 5.80. The third kappa shape index (κ3) is 3.20. The Kier molecular flexibility index (Phi) is 6.15. The first-order valence-corrected chi connectivity index (χ1v) is 6.59. The van der Waals surface area contributed by atoms with Gasteiger partial charge in [-0.1, -0.05) is 32.6 Å². The van der Waals surface area contributed by atoms with E-state index < -0.39 is 0 Å². The maximum absolute atomic E-state index is 4.30. The average molecular weight is 245 g/mol. The Labute approximate surface area is 110 Å². The van der Waals surface area contributed by atoms with Crippen LogP contribution in [-0.2, 0) is 0 Å². The fourth-order valence-electron chi connectivity index (χ4n) is 2.00. The van der Waals surface area contributed by atoms with E-state index in [2.05, 4.69) is 27.9 Å². The zero-order chi connectivity index (χ0) is 13.4. The first-order valence-electron chi connectivity index (χ1n) is 6.59. The molecule has 2 heterocycles. The van der Waals surface area contributed by atoms with E-state index in [4.69, 9.17) is 0 Å². The topological polar surface area (TPSA) is 40.2 Å². The van der Waals surface area contributed by atoms with Gasteiger partial charge in [0, 0.05) is 30.1 Å². The van der Waals surface area contributed by atoms with Gasteiger partial charge in [-0.05, 0) is 25.5 Å². The minimum absolute atomic E-state index is 0.895. The van der Waals surface area contributed by atoms with E-state index in [0.29, 0.717) is 0 Å². The summed E-state index contributed by atoms with van der Waals surface area (Å²) >= 11 is 0. The summed E-state index contributed by atoms with van der Waals surface area (Å²) in [5.41, 5.74) is 3.71. The molecular weight excluding hydrogens is 222 g/mol. The van der Waals surface area contributed by atoms with Gasteiger partial charge in [-0.15, -0.1) is 0 Å². The van der Waals surface area contributed by atoms with E-state index >= 15 is 0 Å². The van der Waals surface area contributed by atoms with Gasteiger partial charge in [0.1, 0.15) is 5.82 Å². The number of aromatic amines is 1. The molecule has 0 radical (unpaired) electrons. The van der Waals surface area contributed by atoms with Crippen molar-refractivity contribution in [2.45, 2.75) is 27.2 Å². The van der Waals surface area contributed by atoms with Gasteiger partial charge in [0.15, 0.2) is 0 Å². The van der Waals surface area contributed by atoms with Crippen LogP contribution in [0.15, 0.2) is 23.8 Å². The van der Waals surface area contributed by atoms with Crippen LogP contribution < -0.4 is 5.32 Å². The van der Waals surface area contributed by atoms with Crippen molar-refractivity contribution >= 4 is 23.7 Å². The van der Waals surface area contributed by atoms with E-state index in [1.807, 2.05) is 33.0 Å². The van der Waals surface area contributed by atoms with Crippen molar-refractivity contribution in [3.8, 4) is 0 Å². The minimum atomic E-state index is 0.895. The monoisotopic (exact) mass is 245 g/mol. The molecule has 0 aromatic carbocycles. The number of hydrogen-bond acceptors (Lipinski definition) is 2. The first-order chi connectivity index (χ1) is 8.86. The summed E-state index contributed by atoms with van der Waals surface area (Å²) in [5, 5.41) is 3.31. The second-order valence-corrected chi connectivity index (χ2v) is 3.74. The highest BCUT2D eigenvalue weighted by Gasteiger charge is 2.12. The molecule has 0 atom stereocenters. The molecule has 98 valence electrons. The molecule has 0 unspecified atom stereocenters. The van der Waals surface area contributed by atoms with Crippen molar-refractivity contribution in [1.82, 2.24) is 10.3 Å². The molecule has 18 heavy (non-hydrogen) atoms. The molecule has 2 rings (SSSR count). The Bertz CT molecular complexity index is 439. The molecule has 3 heteroatoms. The molecule has 1 aromatic heterocycles. The second kappa shape index (κ2) is 7.67. The third-order valence-corrected chi connectivity index (χ3v) is 2.77. The van der Waals surface area contributed by atoms with Crippen molar-refractivity contribution < 1.29 is 0 Å². The Balaban J connectivity index is 0.000000771. The maximum Gasteiger partial charge on any atom is 0.137 e. The normalized spacial score (nSPS) is 14.9. The van der Waals surface area contributed by atoms with Crippen LogP contribution in [0.25, 0.3) is 11.6 Å². The third-order valence-electron chi connectivity index (χ3n) is 2.77. The number of nitrogens with one attached hydrogen (secondary N) is 2. The summed E-state index contributed by atoms with van der Waals surface area (Å²) in [6.45, 7) is 11.8. The molecular formula is C15H23N3. The molecule has 1 aromatic rings. The second-order valence-electron chi connectivity index (χ2n) is 3.74. The molecule has 0 aliphatic carbocycles. The van der Waals surface area contributed by atoms with Gasteiger partial charge in [0.05, 0.1) is 0 Å². The van der Waals surface area contributed by atoms with E-state index in [0.717, 1.165) is 30.9 Å². The predicted molar refractivity (Wildman–Crippen MR) is 81.5 cm³/mol. The highest BCUT2D eigenvalue weighted by atomic mass is 14.9. The zero-order valence-corrected chi connectivity index (χ0v) is 11.6. The van der Waals surface area contributed by atoms with Gasteiger partial charge in [-0.2, -0.15) is 0 Å². The number of hydrogen-bond donors (Lipinski definition) is 2. The van der Waals surface area contributed by atoms with E-state index in [-0.39, 0.29) is 0 Å². The quantitative estimate of drug-likeness (QED) is 0.782. The number of nitrogens with zero attached hydrogens (tertiary/aromatic N) is 1. The first kappa shape index (κ1) is 14.5. The van der Waals surface area contributed by atoms with E-state index in [9.17, 15) is 0 Å². The summed E-state index contributed by atoms with van der Waals surface area (Å²) in [4.78, 5) is 7.49. The van der Waals surface area contributed by atoms with Crippen LogP contribution in [-0.4, -0.2) is 24.3 Å². The lowest BCUT2D eigenvalue weighted by Crippen LogP contribution is -2.20. The van der Waals surface area contributed by atoms with Gasteiger partial charge in [0.25, 0.3) is 0 Å². The standard InChI is InChI=1S/C13H17N3.C2H6/c1-3-11-12(9-16-13(11)15-4-2)10-5-7-14-8-6-10;1-2/h3-5,9,14,16H,1,6-8H2,2H3;1-2H3/b15-4-;. The van der Waals surface area contributed by atoms with Crippen LogP contribution in [0.1, 0.15) is 38.3 Å². The van der Waals surface area contributed by atoms with Crippen molar-refractivity contribution in [3.05, 3.63) is 30.0 Å². The summed E-state index contributed by atoms with van der Waals surface area (Å²) in [6.07, 6.45) is 8.99. The number of rotatable bonds is 3. The summed E-state index contributed by atoms with van der Waals surface area (Å²) in [5.74, 6) is 0.895. The number of aliphatic imine (C=N–C) groups is 1. The Morgan fingerprint density at radius 2 is 2.17 bits per heavy atom. The van der Waals surface area contributed by atoms with Crippen LogP contribution in [0.4, 0.5) is 5.82 Å². The number of H-pyrrole nitrogens is 1. The highest BCUT2D eigenvalue weighted by Crippen LogP contribution is 2.30. The van der Waals surface area contributed by atoms with Crippen molar-refractivity contribution in [2.75, 3.05) is 13.1 Å². The minimum Gasteiger partial charge on any atom is -0.346 e. The van der Waals surface area contributed by atoms with E-state index in [1.54, 1.807) is 6.21 Å². The molecule has 1 aliphatic heterocycles. The van der Waals surface area contributed by atoms with Crippen molar-refractivity contribution in [2.24, 2.45) is 4.99 Å². The van der Waals surface area contributed by atoms with Gasteiger partial charge in [-0.25, -0.2) is 4.99 Å². The molecule has 0 fully saturated rings. The smallest absolute Gasteiger partial charge is 0.137 e. The van der Waals surface area contributed by atoms with Crippen LogP contribution >= 0.6 is 0 Å². The molecule has 0 saturated carbocycles. The summed E-state index contributed by atoms with van der Waals surface area (Å²) in [6, 6.07) is 0. The molecule has 2 N–H and O–H groups in total. The summed E-state index contributed by atoms with van der Waals surface area (Å²) in [7, 11) is 0. The van der Waals surface area contributed by atoms with Gasteiger partial charge >= 0.3 is 0 Å². The lowest BCUT2D eigenvalue weighted by Gasteiger charge is -2.13. The van der Waals surface area contributed by atoms with Crippen molar-refractivity contribution in [3.63, 3.8) is 0 Å². The van der Waals surface area contributed by atoms with Crippen LogP contribution in [0.5, 0.6) is 0 Å². The van der Waals surface area contributed by atoms with Crippen molar-refractivity contribution in [1.29, 1.82) is 0 Å². The fraction of sp³-hybridized carbons (Fsp3) is 0.400.